The largest absolute Gasteiger partial charge is 0.462 e. The van der Waals surface area contributed by atoms with Crippen LogP contribution in [0.4, 0.5) is 5.82 Å². The smallest absolute Gasteiger partial charge is 0.339 e. The van der Waals surface area contributed by atoms with E-state index in [1.165, 1.54) is 12.5 Å². The SMILES string of the molecule is CCOC(=O)c1ccc(N2CCCN(C(=O)c3ccco3)CC2)nc1. The fourth-order valence-electron chi connectivity index (χ4n) is 2.81. The number of furan rings is 1. The molecule has 132 valence electrons. The van der Waals surface area contributed by atoms with E-state index in [0.29, 0.717) is 37.6 Å². The Bertz CT molecular complexity index is 712. The van der Waals surface area contributed by atoms with Gasteiger partial charge in [-0.25, -0.2) is 9.78 Å². The minimum atomic E-state index is -0.368. The number of anilines is 1. The Kier molecular flexibility index (Phi) is 5.33. The van der Waals surface area contributed by atoms with E-state index in [9.17, 15) is 9.59 Å². The fraction of sp³-hybridized carbons (Fsp3) is 0.389. The highest BCUT2D eigenvalue weighted by Crippen LogP contribution is 2.16. The lowest BCUT2D eigenvalue weighted by atomic mass is 10.2. The van der Waals surface area contributed by atoms with Gasteiger partial charge in [0, 0.05) is 32.4 Å². The summed E-state index contributed by atoms with van der Waals surface area (Å²) in [7, 11) is 0. The number of hydrogen-bond acceptors (Lipinski definition) is 6. The standard InChI is InChI=1S/C18H21N3O4/c1-2-24-18(23)14-6-7-16(19-13-14)20-8-4-9-21(11-10-20)17(22)15-5-3-12-25-15/h3,5-7,12-13H,2,4,8-11H2,1H3. The van der Waals surface area contributed by atoms with Gasteiger partial charge in [0.05, 0.1) is 18.4 Å². The minimum absolute atomic E-state index is 0.0857. The van der Waals surface area contributed by atoms with Crippen LogP contribution in [-0.4, -0.2) is 54.5 Å². The monoisotopic (exact) mass is 343 g/mol. The van der Waals surface area contributed by atoms with Crippen LogP contribution in [0.3, 0.4) is 0 Å². The lowest BCUT2D eigenvalue weighted by molar-refractivity contribution is 0.0525. The third-order valence-corrected chi connectivity index (χ3v) is 4.10. The summed E-state index contributed by atoms with van der Waals surface area (Å²) in [5.74, 6) is 0.704. The average molecular weight is 343 g/mol. The van der Waals surface area contributed by atoms with E-state index in [1.54, 1.807) is 30.0 Å². The number of pyridine rings is 1. The molecule has 0 aliphatic carbocycles. The van der Waals surface area contributed by atoms with Gasteiger partial charge >= 0.3 is 5.97 Å². The summed E-state index contributed by atoms with van der Waals surface area (Å²) < 4.78 is 10.2. The van der Waals surface area contributed by atoms with Gasteiger partial charge in [0.25, 0.3) is 5.91 Å². The normalized spacial score (nSPS) is 14.9. The predicted molar refractivity (Wildman–Crippen MR) is 91.6 cm³/mol. The van der Waals surface area contributed by atoms with Crippen molar-refractivity contribution in [2.24, 2.45) is 0 Å². The van der Waals surface area contributed by atoms with E-state index in [0.717, 1.165) is 18.8 Å². The van der Waals surface area contributed by atoms with Gasteiger partial charge in [-0.3, -0.25) is 4.79 Å². The summed E-state index contributed by atoms with van der Waals surface area (Å²) in [6.07, 6.45) is 3.88. The first-order valence-electron chi connectivity index (χ1n) is 8.40. The van der Waals surface area contributed by atoms with Gasteiger partial charge < -0.3 is 19.0 Å². The van der Waals surface area contributed by atoms with Gasteiger partial charge in [0.15, 0.2) is 5.76 Å². The van der Waals surface area contributed by atoms with Crippen LogP contribution in [-0.2, 0) is 4.74 Å². The van der Waals surface area contributed by atoms with Crippen LogP contribution in [0.15, 0.2) is 41.1 Å². The van der Waals surface area contributed by atoms with Crippen molar-refractivity contribution in [2.75, 3.05) is 37.7 Å². The van der Waals surface area contributed by atoms with E-state index in [4.69, 9.17) is 9.15 Å². The van der Waals surface area contributed by atoms with Crippen molar-refractivity contribution in [3.8, 4) is 0 Å². The maximum atomic E-state index is 12.4. The van der Waals surface area contributed by atoms with Crippen molar-refractivity contribution in [3.63, 3.8) is 0 Å². The van der Waals surface area contributed by atoms with Crippen molar-refractivity contribution in [2.45, 2.75) is 13.3 Å². The van der Waals surface area contributed by atoms with Crippen LogP contribution in [0.1, 0.15) is 34.3 Å². The lowest BCUT2D eigenvalue weighted by Gasteiger charge is -2.22. The molecular weight excluding hydrogens is 322 g/mol. The second-order valence-corrected chi connectivity index (χ2v) is 5.74. The molecule has 0 spiro atoms. The molecule has 1 aliphatic rings. The molecule has 1 fully saturated rings. The molecule has 0 unspecified atom stereocenters. The zero-order valence-electron chi connectivity index (χ0n) is 14.2. The molecule has 0 N–H and O–H groups in total. The quantitative estimate of drug-likeness (QED) is 0.792. The Hall–Kier alpha value is -2.83. The van der Waals surface area contributed by atoms with Crippen molar-refractivity contribution < 1.29 is 18.7 Å². The van der Waals surface area contributed by atoms with Gasteiger partial charge in [-0.2, -0.15) is 0 Å². The molecule has 0 atom stereocenters. The van der Waals surface area contributed by atoms with Crippen molar-refractivity contribution >= 4 is 17.7 Å². The summed E-state index contributed by atoms with van der Waals surface area (Å²) >= 11 is 0. The van der Waals surface area contributed by atoms with E-state index in [1.807, 2.05) is 6.07 Å². The second kappa shape index (κ2) is 7.83. The van der Waals surface area contributed by atoms with Crippen LogP contribution in [0, 0.1) is 0 Å². The lowest BCUT2D eigenvalue weighted by Crippen LogP contribution is -2.35. The van der Waals surface area contributed by atoms with Crippen LogP contribution in [0.5, 0.6) is 0 Å². The summed E-state index contributed by atoms with van der Waals surface area (Å²) in [5, 5.41) is 0. The van der Waals surface area contributed by atoms with Crippen LogP contribution in [0.25, 0.3) is 0 Å². The average Bonchev–Trinajstić information content (AvgIpc) is 3.06. The van der Waals surface area contributed by atoms with Gasteiger partial charge in [0.2, 0.25) is 0 Å². The maximum Gasteiger partial charge on any atom is 0.339 e. The highest BCUT2D eigenvalue weighted by atomic mass is 16.5. The Morgan fingerprint density at radius 3 is 2.76 bits per heavy atom. The number of nitrogens with zero attached hydrogens (tertiary/aromatic N) is 3. The van der Waals surface area contributed by atoms with Gasteiger partial charge in [-0.1, -0.05) is 0 Å². The summed E-state index contributed by atoms with van der Waals surface area (Å²) in [6.45, 7) is 4.86. The number of esters is 1. The Morgan fingerprint density at radius 2 is 2.08 bits per heavy atom. The predicted octanol–water partition coefficient (Wildman–Crippen LogP) is 2.20. The molecule has 3 rings (SSSR count). The fourth-order valence-corrected chi connectivity index (χ4v) is 2.81. The first-order chi connectivity index (χ1) is 12.2. The number of ether oxygens (including phenoxy) is 1. The Labute approximate surface area is 146 Å². The molecule has 1 amide bonds. The van der Waals surface area contributed by atoms with Crippen molar-refractivity contribution in [1.29, 1.82) is 0 Å². The third-order valence-electron chi connectivity index (χ3n) is 4.10. The minimum Gasteiger partial charge on any atom is -0.462 e. The molecule has 0 bridgehead atoms. The maximum absolute atomic E-state index is 12.4. The van der Waals surface area contributed by atoms with Crippen LogP contribution >= 0.6 is 0 Å². The molecular formula is C18H21N3O4. The molecule has 7 heteroatoms. The highest BCUT2D eigenvalue weighted by Gasteiger charge is 2.22. The molecule has 0 saturated carbocycles. The molecule has 1 aliphatic heterocycles. The van der Waals surface area contributed by atoms with Gasteiger partial charge in [0.1, 0.15) is 5.82 Å². The molecule has 25 heavy (non-hydrogen) atoms. The Balaban J connectivity index is 1.63. The van der Waals surface area contributed by atoms with Crippen molar-refractivity contribution in [1.82, 2.24) is 9.88 Å². The summed E-state index contributed by atoms with van der Waals surface area (Å²) in [4.78, 5) is 32.4. The number of hydrogen-bond donors (Lipinski definition) is 0. The molecule has 2 aromatic heterocycles. The van der Waals surface area contributed by atoms with Crippen LogP contribution < -0.4 is 4.90 Å². The highest BCUT2D eigenvalue weighted by molar-refractivity contribution is 5.91. The van der Waals surface area contributed by atoms with Crippen molar-refractivity contribution in [3.05, 3.63) is 48.0 Å². The molecule has 3 heterocycles. The van der Waals surface area contributed by atoms with Gasteiger partial charge in [-0.15, -0.1) is 0 Å². The van der Waals surface area contributed by atoms with E-state index >= 15 is 0 Å². The second-order valence-electron chi connectivity index (χ2n) is 5.74. The molecule has 0 radical (unpaired) electrons. The first kappa shape index (κ1) is 17.0. The van der Waals surface area contributed by atoms with E-state index in [-0.39, 0.29) is 11.9 Å². The number of rotatable bonds is 4. The molecule has 0 aromatic carbocycles. The zero-order chi connectivity index (χ0) is 17.6. The number of carbonyl (C=O) groups excluding carboxylic acids is 2. The van der Waals surface area contributed by atoms with Gasteiger partial charge in [-0.05, 0) is 37.6 Å². The summed E-state index contributed by atoms with van der Waals surface area (Å²) in [5.41, 5.74) is 0.440. The molecule has 7 nitrogen and oxygen atoms in total. The number of aromatic nitrogens is 1. The number of carbonyl (C=O) groups is 2. The number of amides is 1. The topological polar surface area (TPSA) is 75.9 Å². The molecule has 1 saturated heterocycles. The zero-order valence-corrected chi connectivity index (χ0v) is 14.2. The summed E-state index contributed by atoms with van der Waals surface area (Å²) in [6, 6.07) is 6.93. The Morgan fingerprint density at radius 1 is 1.20 bits per heavy atom. The van der Waals surface area contributed by atoms with Crippen LogP contribution in [0.2, 0.25) is 0 Å². The molecule has 2 aromatic rings. The first-order valence-corrected chi connectivity index (χ1v) is 8.40. The van der Waals surface area contributed by atoms with E-state index in [2.05, 4.69) is 9.88 Å². The third kappa shape index (κ3) is 3.99. The van der Waals surface area contributed by atoms with E-state index < -0.39 is 0 Å².